The normalized spacial score (nSPS) is 25.7. The van der Waals surface area contributed by atoms with Crippen LogP contribution in [0.1, 0.15) is 54.3 Å². The molecule has 0 bridgehead atoms. The van der Waals surface area contributed by atoms with Crippen LogP contribution in [0.25, 0.3) is 0 Å². The Labute approximate surface area is 137 Å². The maximum atomic E-state index is 4.67. The predicted octanol–water partition coefficient (Wildman–Crippen LogP) is 3.41. The summed E-state index contributed by atoms with van der Waals surface area (Å²) in [5, 5.41) is 4.91. The molecule has 1 saturated carbocycles. The van der Waals surface area contributed by atoms with Crippen LogP contribution in [-0.4, -0.2) is 36.1 Å². The van der Waals surface area contributed by atoms with Crippen LogP contribution in [0.2, 0.25) is 0 Å². The van der Waals surface area contributed by atoms with Crippen molar-refractivity contribution in [2.75, 3.05) is 26.2 Å². The molecule has 1 aromatic rings. The highest BCUT2D eigenvalue weighted by molar-refractivity contribution is 7.11. The van der Waals surface area contributed by atoms with Crippen molar-refractivity contribution in [2.45, 2.75) is 51.0 Å². The fourth-order valence-electron chi connectivity index (χ4n) is 3.99. The highest BCUT2D eigenvalue weighted by atomic mass is 35.5. The molecule has 3 fully saturated rings. The van der Waals surface area contributed by atoms with E-state index >= 15 is 0 Å². The number of thiazole rings is 1. The molecule has 3 aliphatic rings. The van der Waals surface area contributed by atoms with Gasteiger partial charge in [-0.3, -0.25) is 4.90 Å². The first-order valence-corrected chi connectivity index (χ1v) is 9.02. The van der Waals surface area contributed by atoms with Gasteiger partial charge in [-0.15, -0.1) is 23.7 Å². The lowest BCUT2D eigenvalue weighted by atomic mass is 9.78. The van der Waals surface area contributed by atoms with E-state index < -0.39 is 0 Å². The van der Waals surface area contributed by atoms with E-state index in [2.05, 4.69) is 21.4 Å². The van der Waals surface area contributed by atoms with Crippen LogP contribution in [0, 0.1) is 5.41 Å². The van der Waals surface area contributed by atoms with Gasteiger partial charge in [-0.25, -0.2) is 4.98 Å². The van der Waals surface area contributed by atoms with Crippen LogP contribution < -0.4 is 5.32 Å². The van der Waals surface area contributed by atoms with E-state index in [1.807, 2.05) is 11.3 Å². The van der Waals surface area contributed by atoms with E-state index in [0.717, 1.165) is 12.5 Å². The van der Waals surface area contributed by atoms with Crippen LogP contribution in [0.3, 0.4) is 0 Å². The second-order valence-electron chi connectivity index (χ2n) is 7.00. The molecule has 1 N–H and O–H groups in total. The standard InChI is InChI=1S/C16H25N3S.ClH/c1-2-13(3-1)15-18-10-14(20-15)11-19-9-6-16(12-19)4-7-17-8-5-16;/h10,13,17H,1-9,11-12H2;1H. The van der Waals surface area contributed by atoms with Gasteiger partial charge in [0.2, 0.25) is 0 Å². The number of nitrogens with one attached hydrogen (secondary N) is 1. The van der Waals surface area contributed by atoms with Crippen LogP contribution in [0.5, 0.6) is 0 Å². The van der Waals surface area contributed by atoms with Crippen LogP contribution in [0.15, 0.2) is 6.20 Å². The van der Waals surface area contributed by atoms with Gasteiger partial charge in [-0.2, -0.15) is 0 Å². The maximum Gasteiger partial charge on any atom is 0.0959 e. The zero-order chi connectivity index (χ0) is 13.4. The van der Waals surface area contributed by atoms with Gasteiger partial charge >= 0.3 is 0 Å². The summed E-state index contributed by atoms with van der Waals surface area (Å²) in [7, 11) is 0. The van der Waals surface area contributed by atoms with Gasteiger partial charge < -0.3 is 5.32 Å². The molecule has 2 saturated heterocycles. The average Bonchev–Trinajstić information content (AvgIpc) is 2.98. The van der Waals surface area contributed by atoms with Gasteiger partial charge in [-0.1, -0.05) is 6.42 Å². The van der Waals surface area contributed by atoms with E-state index in [1.165, 1.54) is 74.6 Å². The Morgan fingerprint density at radius 1 is 1.29 bits per heavy atom. The number of likely N-dealkylation sites (tertiary alicyclic amines) is 1. The first-order valence-electron chi connectivity index (χ1n) is 8.21. The van der Waals surface area contributed by atoms with E-state index in [1.54, 1.807) is 0 Å². The molecule has 1 aromatic heterocycles. The quantitative estimate of drug-likeness (QED) is 0.922. The summed E-state index contributed by atoms with van der Waals surface area (Å²) >= 11 is 1.97. The topological polar surface area (TPSA) is 28.2 Å². The number of rotatable bonds is 3. The Bertz CT molecular complexity index is 466. The van der Waals surface area contributed by atoms with Gasteiger partial charge in [-0.05, 0) is 57.2 Å². The molecule has 0 atom stereocenters. The fourth-order valence-corrected chi connectivity index (χ4v) is 5.12. The molecule has 0 aromatic carbocycles. The monoisotopic (exact) mass is 327 g/mol. The number of piperidine rings is 1. The zero-order valence-corrected chi connectivity index (χ0v) is 14.3. The minimum atomic E-state index is 0. The summed E-state index contributed by atoms with van der Waals surface area (Å²) in [5.41, 5.74) is 0.632. The molecule has 5 heteroatoms. The first-order chi connectivity index (χ1) is 9.83. The average molecular weight is 328 g/mol. The summed E-state index contributed by atoms with van der Waals surface area (Å²) < 4.78 is 0. The van der Waals surface area contributed by atoms with E-state index in [0.29, 0.717) is 5.41 Å². The number of halogens is 1. The molecular weight excluding hydrogens is 302 g/mol. The molecule has 3 nitrogen and oxygen atoms in total. The molecule has 0 unspecified atom stereocenters. The first kappa shape index (κ1) is 15.7. The van der Waals surface area contributed by atoms with Gasteiger partial charge in [0.15, 0.2) is 0 Å². The van der Waals surface area contributed by atoms with Gasteiger partial charge in [0.05, 0.1) is 5.01 Å². The van der Waals surface area contributed by atoms with Crippen molar-refractivity contribution in [3.63, 3.8) is 0 Å². The molecule has 0 radical (unpaired) electrons. The number of aromatic nitrogens is 1. The third-order valence-corrected chi connectivity index (χ3v) is 6.73. The SMILES string of the molecule is Cl.c1nc(C2CCC2)sc1CN1CCC2(CCNCC2)C1. The summed E-state index contributed by atoms with van der Waals surface area (Å²) in [6.45, 7) is 6.18. The summed E-state index contributed by atoms with van der Waals surface area (Å²) in [5.74, 6) is 0.795. The smallest absolute Gasteiger partial charge is 0.0959 e. The Kier molecular flexibility index (Phi) is 4.89. The van der Waals surface area contributed by atoms with E-state index in [4.69, 9.17) is 0 Å². The molecule has 21 heavy (non-hydrogen) atoms. The molecule has 1 aliphatic carbocycles. The minimum absolute atomic E-state index is 0. The highest BCUT2D eigenvalue weighted by Gasteiger charge is 2.38. The lowest BCUT2D eigenvalue weighted by Gasteiger charge is -2.33. The second kappa shape index (κ2) is 6.53. The van der Waals surface area contributed by atoms with E-state index in [-0.39, 0.29) is 12.4 Å². The van der Waals surface area contributed by atoms with Crippen molar-refractivity contribution in [3.8, 4) is 0 Å². The van der Waals surface area contributed by atoms with Crippen molar-refractivity contribution in [3.05, 3.63) is 16.1 Å². The Balaban J connectivity index is 0.00000132. The molecule has 2 aliphatic heterocycles. The third kappa shape index (κ3) is 3.29. The second-order valence-corrected chi connectivity index (χ2v) is 8.15. The van der Waals surface area contributed by atoms with Gasteiger partial charge in [0, 0.05) is 30.1 Å². The van der Waals surface area contributed by atoms with Gasteiger partial charge in [0.1, 0.15) is 0 Å². The molecule has 0 amide bonds. The lowest BCUT2D eigenvalue weighted by molar-refractivity contribution is 0.194. The molecule has 1 spiro atoms. The van der Waals surface area contributed by atoms with Gasteiger partial charge in [0.25, 0.3) is 0 Å². The highest BCUT2D eigenvalue weighted by Crippen LogP contribution is 2.41. The van der Waals surface area contributed by atoms with E-state index in [9.17, 15) is 0 Å². The maximum absolute atomic E-state index is 4.67. The minimum Gasteiger partial charge on any atom is -0.317 e. The number of nitrogens with zero attached hydrogens (tertiary/aromatic N) is 2. The Hall–Kier alpha value is -0.160. The molecule has 3 heterocycles. The largest absolute Gasteiger partial charge is 0.317 e. The molecule has 118 valence electrons. The van der Waals surface area contributed by atoms with Crippen LogP contribution in [-0.2, 0) is 6.54 Å². The summed E-state index contributed by atoms with van der Waals surface area (Å²) in [6.07, 6.45) is 10.4. The Morgan fingerprint density at radius 2 is 2.10 bits per heavy atom. The lowest BCUT2D eigenvalue weighted by Crippen LogP contribution is -2.38. The fraction of sp³-hybridized carbons (Fsp3) is 0.812. The van der Waals surface area contributed by atoms with Crippen LogP contribution >= 0.6 is 23.7 Å². The third-order valence-electron chi connectivity index (χ3n) is 5.59. The van der Waals surface area contributed by atoms with Crippen molar-refractivity contribution in [1.29, 1.82) is 0 Å². The summed E-state index contributed by atoms with van der Waals surface area (Å²) in [4.78, 5) is 8.82. The molecular formula is C16H26ClN3S. The number of hydrogen-bond acceptors (Lipinski definition) is 4. The van der Waals surface area contributed by atoms with Crippen molar-refractivity contribution in [1.82, 2.24) is 15.2 Å². The number of hydrogen-bond donors (Lipinski definition) is 1. The van der Waals surface area contributed by atoms with Crippen molar-refractivity contribution in [2.24, 2.45) is 5.41 Å². The molecule has 4 rings (SSSR count). The Morgan fingerprint density at radius 3 is 2.81 bits per heavy atom. The van der Waals surface area contributed by atoms with Crippen molar-refractivity contribution >= 4 is 23.7 Å². The zero-order valence-electron chi connectivity index (χ0n) is 12.6. The summed E-state index contributed by atoms with van der Waals surface area (Å²) in [6, 6.07) is 0. The predicted molar refractivity (Wildman–Crippen MR) is 90.4 cm³/mol. The van der Waals surface area contributed by atoms with Crippen molar-refractivity contribution < 1.29 is 0 Å². The van der Waals surface area contributed by atoms with Crippen LogP contribution in [0.4, 0.5) is 0 Å².